The second-order valence-corrected chi connectivity index (χ2v) is 11.4. The van der Waals surface area contributed by atoms with E-state index in [1.807, 2.05) is 58.9 Å². The normalized spacial score (nSPS) is 12.9. The molecule has 8 nitrogen and oxygen atoms in total. The zero-order valence-corrected chi connectivity index (χ0v) is 24.4. The minimum Gasteiger partial charge on any atom is -0.492 e. The van der Waals surface area contributed by atoms with Crippen LogP contribution in [0, 0.1) is 6.92 Å². The number of anilines is 1. The molecule has 0 spiro atoms. The summed E-state index contributed by atoms with van der Waals surface area (Å²) >= 11 is 0. The van der Waals surface area contributed by atoms with Crippen molar-refractivity contribution in [1.29, 1.82) is 0 Å². The number of benzene rings is 2. The number of para-hydroxylation sites is 2. The first kappa shape index (κ1) is 31.1. The van der Waals surface area contributed by atoms with E-state index in [0.717, 1.165) is 23.8 Å². The highest BCUT2D eigenvalue weighted by Crippen LogP contribution is 2.30. The minimum atomic E-state index is -3.62. The van der Waals surface area contributed by atoms with E-state index in [4.69, 9.17) is 4.74 Å². The van der Waals surface area contributed by atoms with Crippen molar-refractivity contribution in [2.75, 3.05) is 23.7 Å². The largest absolute Gasteiger partial charge is 0.492 e. The molecule has 0 saturated carbocycles. The maximum atomic E-state index is 13.6. The Kier molecular flexibility index (Phi) is 12.1. The fourth-order valence-corrected chi connectivity index (χ4v) is 5.22. The van der Waals surface area contributed by atoms with Gasteiger partial charge in [0.1, 0.15) is 11.8 Å². The van der Waals surface area contributed by atoms with Gasteiger partial charge in [-0.05, 0) is 63.3 Å². The van der Waals surface area contributed by atoms with Crippen molar-refractivity contribution < 1.29 is 22.7 Å². The van der Waals surface area contributed by atoms with Crippen LogP contribution >= 0.6 is 0 Å². The van der Waals surface area contributed by atoms with Gasteiger partial charge in [-0.25, -0.2) is 8.42 Å². The highest BCUT2D eigenvalue weighted by atomic mass is 32.2. The molecule has 0 heterocycles. The number of carbonyl (C=O) groups excluding carboxylic acids is 2. The van der Waals surface area contributed by atoms with Crippen molar-refractivity contribution >= 4 is 27.5 Å². The fourth-order valence-electron chi connectivity index (χ4n) is 4.25. The number of aryl methyl sites for hydroxylation is 1. The molecular weight excluding hydrogens is 502 g/mol. The van der Waals surface area contributed by atoms with Gasteiger partial charge in [-0.1, -0.05) is 50.2 Å². The lowest BCUT2D eigenvalue weighted by molar-refractivity contribution is -0.141. The standard InChI is InChI=1S/C29H43N3O5S/c1-7-23(5)30-29(34)25(8-2)31(21-24-16-11-10-15-22(24)4)28(33)19-14-20-32(38(6,35)36)26-17-12-13-18-27(26)37-9-3/h10-13,15-18,23,25H,7-9,14,19-21H2,1-6H3,(H,30,34). The summed E-state index contributed by atoms with van der Waals surface area (Å²) in [6.07, 6.45) is 2.80. The predicted molar refractivity (Wildman–Crippen MR) is 153 cm³/mol. The van der Waals surface area contributed by atoms with Gasteiger partial charge in [0.25, 0.3) is 0 Å². The second-order valence-electron chi connectivity index (χ2n) is 9.53. The van der Waals surface area contributed by atoms with E-state index in [0.29, 0.717) is 37.4 Å². The highest BCUT2D eigenvalue weighted by Gasteiger charge is 2.30. The summed E-state index contributed by atoms with van der Waals surface area (Å²) in [5, 5.41) is 3.02. The molecule has 0 fully saturated rings. The molecule has 1 N–H and O–H groups in total. The van der Waals surface area contributed by atoms with E-state index in [1.54, 1.807) is 29.2 Å². The van der Waals surface area contributed by atoms with Gasteiger partial charge in [0, 0.05) is 25.6 Å². The topological polar surface area (TPSA) is 96.0 Å². The number of amides is 2. The molecule has 9 heteroatoms. The minimum absolute atomic E-state index is 0.000639. The summed E-state index contributed by atoms with van der Waals surface area (Å²) in [5.41, 5.74) is 2.46. The lowest BCUT2D eigenvalue weighted by atomic mass is 10.0. The van der Waals surface area contributed by atoms with E-state index in [2.05, 4.69) is 5.32 Å². The highest BCUT2D eigenvalue weighted by molar-refractivity contribution is 7.92. The van der Waals surface area contributed by atoms with Crippen molar-refractivity contribution in [3.63, 3.8) is 0 Å². The van der Waals surface area contributed by atoms with Crippen LogP contribution < -0.4 is 14.4 Å². The van der Waals surface area contributed by atoms with Crippen LogP contribution in [0.15, 0.2) is 48.5 Å². The SMILES string of the molecule is CCOc1ccccc1N(CCCC(=O)N(Cc1ccccc1C)C(CC)C(=O)NC(C)CC)S(C)(=O)=O. The first-order valence-electron chi connectivity index (χ1n) is 13.4. The molecule has 38 heavy (non-hydrogen) atoms. The molecule has 210 valence electrons. The molecule has 2 aromatic carbocycles. The van der Waals surface area contributed by atoms with Crippen LogP contribution in [-0.2, 0) is 26.2 Å². The first-order chi connectivity index (χ1) is 18.0. The average molecular weight is 546 g/mol. The van der Waals surface area contributed by atoms with Crippen LogP contribution in [0.2, 0.25) is 0 Å². The number of ether oxygens (including phenoxy) is 1. The van der Waals surface area contributed by atoms with Crippen molar-refractivity contribution in [1.82, 2.24) is 10.2 Å². The van der Waals surface area contributed by atoms with E-state index < -0.39 is 16.1 Å². The number of nitrogens with one attached hydrogen (secondary N) is 1. The zero-order valence-electron chi connectivity index (χ0n) is 23.6. The summed E-state index contributed by atoms with van der Waals surface area (Å²) in [5.74, 6) is 0.110. The summed E-state index contributed by atoms with van der Waals surface area (Å²) in [6, 6.07) is 14.2. The second kappa shape index (κ2) is 14.8. The molecule has 2 unspecified atom stereocenters. The summed E-state index contributed by atoms with van der Waals surface area (Å²) in [6.45, 7) is 10.5. The smallest absolute Gasteiger partial charge is 0.243 e. The Balaban J connectivity index is 2.27. The quantitative estimate of drug-likeness (QED) is 0.351. The average Bonchev–Trinajstić information content (AvgIpc) is 2.87. The van der Waals surface area contributed by atoms with Crippen molar-refractivity contribution in [3.05, 3.63) is 59.7 Å². The monoisotopic (exact) mass is 545 g/mol. The van der Waals surface area contributed by atoms with Crippen molar-refractivity contribution in [2.24, 2.45) is 0 Å². The molecule has 0 aromatic heterocycles. The van der Waals surface area contributed by atoms with Gasteiger partial charge in [-0.3, -0.25) is 13.9 Å². The van der Waals surface area contributed by atoms with Gasteiger partial charge < -0.3 is 15.0 Å². The predicted octanol–water partition coefficient (Wildman–Crippen LogP) is 4.66. The van der Waals surface area contributed by atoms with Crippen LogP contribution in [0.25, 0.3) is 0 Å². The Bertz CT molecular complexity index is 1170. The number of sulfonamides is 1. The fraction of sp³-hybridized carbons (Fsp3) is 0.517. The van der Waals surface area contributed by atoms with E-state index in [-0.39, 0.29) is 30.8 Å². The van der Waals surface area contributed by atoms with E-state index >= 15 is 0 Å². The van der Waals surface area contributed by atoms with Crippen LogP contribution in [0.3, 0.4) is 0 Å². The van der Waals surface area contributed by atoms with Crippen LogP contribution in [0.1, 0.15) is 64.5 Å². The van der Waals surface area contributed by atoms with Crippen LogP contribution in [0.4, 0.5) is 5.69 Å². The van der Waals surface area contributed by atoms with Crippen LogP contribution in [-0.4, -0.2) is 56.6 Å². The van der Waals surface area contributed by atoms with Gasteiger partial charge in [0.2, 0.25) is 21.8 Å². The van der Waals surface area contributed by atoms with E-state index in [9.17, 15) is 18.0 Å². The molecule has 0 aliphatic rings. The Morgan fingerprint density at radius 2 is 1.66 bits per heavy atom. The molecule has 2 atom stereocenters. The molecular formula is C29H43N3O5S. The third kappa shape index (κ3) is 8.75. The Hall–Kier alpha value is -3.07. The third-order valence-electron chi connectivity index (χ3n) is 6.57. The molecule has 0 bridgehead atoms. The summed E-state index contributed by atoms with van der Waals surface area (Å²) in [7, 11) is -3.62. The number of carbonyl (C=O) groups is 2. The number of rotatable bonds is 15. The Morgan fingerprint density at radius 1 is 1.00 bits per heavy atom. The lowest BCUT2D eigenvalue weighted by Gasteiger charge is -2.32. The molecule has 0 radical (unpaired) electrons. The van der Waals surface area contributed by atoms with Crippen molar-refractivity contribution in [2.45, 2.75) is 78.9 Å². The van der Waals surface area contributed by atoms with Crippen LogP contribution in [0.5, 0.6) is 5.75 Å². The van der Waals surface area contributed by atoms with Gasteiger partial charge in [0.05, 0.1) is 18.6 Å². The Labute approximate surface area is 228 Å². The third-order valence-corrected chi connectivity index (χ3v) is 7.75. The van der Waals surface area contributed by atoms with Gasteiger partial charge in [-0.15, -0.1) is 0 Å². The van der Waals surface area contributed by atoms with Gasteiger partial charge in [0.15, 0.2) is 0 Å². The lowest BCUT2D eigenvalue weighted by Crippen LogP contribution is -2.50. The van der Waals surface area contributed by atoms with Crippen molar-refractivity contribution in [3.8, 4) is 5.75 Å². The number of hydrogen-bond acceptors (Lipinski definition) is 5. The molecule has 2 amide bonds. The molecule has 0 aliphatic carbocycles. The van der Waals surface area contributed by atoms with Gasteiger partial charge in [-0.2, -0.15) is 0 Å². The summed E-state index contributed by atoms with van der Waals surface area (Å²) < 4.78 is 32.3. The molecule has 0 aliphatic heterocycles. The first-order valence-corrected chi connectivity index (χ1v) is 15.2. The Morgan fingerprint density at radius 3 is 2.26 bits per heavy atom. The zero-order chi connectivity index (χ0) is 28.3. The van der Waals surface area contributed by atoms with Gasteiger partial charge >= 0.3 is 0 Å². The molecule has 2 aromatic rings. The van der Waals surface area contributed by atoms with E-state index in [1.165, 1.54) is 4.31 Å². The number of hydrogen-bond donors (Lipinski definition) is 1. The molecule has 0 saturated heterocycles. The maximum Gasteiger partial charge on any atom is 0.243 e. The summed E-state index contributed by atoms with van der Waals surface area (Å²) in [4.78, 5) is 28.4. The maximum absolute atomic E-state index is 13.6. The number of nitrogens with zero attached hydrogens (tertiary/aromatic N) is 2. The molecule has 2 rings (SSSR count).